The second-order valence-corrected chi connectivity index (χ2v) is 7.40. The van der Waals surface area contributed by atoms with Crippen LogP contribution in [-0.4, -0.2) is 37.1 Å². The summed E-state index contributed by atoms with van der Waals surface area (Å²) in [7, 11) is 4.51. The number of H-pyrrole nitrogens is 1. The van der Waals surface area contributed by atoms with Gasteiger partial charge < -0.3 is 24.5 Å². The maximum absolute atomic E-state index is 13.0. The molecule has 2 unspecified atom stereocenters. The molecule has 0 aliphatic heterocycles. The largest absolute Gasteiger partial charge is 0.493 e. The molecule has 170 valence electrons. The van der Waals surface area contributed by atoms with Crippen LogP contribution in [0.1, 0.15) is 28.8 Å². The lowest BCUT2D eigenvalue weighted by Crippen LogP contribution is -2.32. The van der Waals surface area contributed by atoms with Crippen molar-refractivity contribution in [3.8, 4) is 17.2 Å². The number of methoxy groups -OCH3 is 3. The third kappa shape index (κ3) is 4.02. The van der Waals surface area contributed by atoms with Gasteiger partial charge in [-0.2, -0.15) is 0 Å². The quantitative estimate of drug-likeness (QED) is 0.524. The van der Waals surface area contributed by atoms with Crippen molar-refractivity contribution >= 4 is 17.3 Å². The lowest BCUT2D eigenvalue weighted by atomic mass is 9.78. The Hall–Kier alpha value is -4.21. The first-order valence-corrected chi connectivity index (χ1v) is 10.1. The Morgan fingerprint density at radius 3 is 2.39 bits per heavy atom. The predicted molar refractivity (Wildman–Crippen MR) is 121 cm³/mol. The Balaban J connectivity index is 1.71. The van der Waals surface area contributed by atoms with Gasteiger partial charge in [-0.1, -0.05) is 29.4 Å². The van der Waals surface area contributed by atoms with Crippen LogP contribution in [0.4, 0.5) is 11.5 Å². The van der Waals surface area contributed by atoms with Gasteiger partial charge in [-0.05, 0) is 17.5 Å². The average molecular weight is 450 g/mol. The van der Waals surface area contributed by atoms with Crippen LogP contribution in [0.25, 0.3) is 0 Å². The average Bonchev–Trinajstić information content (AvgIpc) is 2.84. The highest BCUT2D eigenvalue weighted by Crippen LogP contribution is 2.41. The zero-order valence-electron chi connectivity index (χ0n) is 18.2. The number of nitrogens with zero attached hydrogens (tertiary/aromatic N) is 2. The topological polar surface area (TPSA) is 132 Å². The zero-order valence-corrected chi connectivity index (χ0v) is 18.2. The second kappa shape index (κ2) is 9.11. The fourth-order valence-electron chi connectivity index (χ4n) is 4.01. The summed E-state index contributed by atoms with van der Waals surface area (Å²) in [6.07, 6.45) is 1.65. The van der Waals surface area contributed by atoms with E-state index in [1.54, 1.807) is 24.3 Å². The van der Waals surface area contributed by atoms with E-state index in [0.717, 1.165) is 5.56 Å². The third-order valence-electron chi connectivity index (χ3n) is 5.57. The Kier molecular flexibility index (Phi) is 6.07. The minimum atomic E-state index is -1.17. The second-order valence-electron chi connectivity index (χ2n) is 7.40. The molecule has 3 aromatic rings. The molecule has 2 aromatic carbocycles. The van der Waals surface area contributed by atoms with E-state index in [0.29, 0.717) is 34.3 Å². The molecule has 0 saturated carbocycles. The van der Waals surface area contributed by atoms with Crippen LogP contribution in [0.15, 0.2) is 52.6 Å². The van der Waals surface area contributed by atoms with Crippen molar-refractivity contribution in [3.05, 3.63) is 74.7 Å². The van der Waals surface area contributed by atoms with Crippen LogP contribution in [0.3, 0.4) is 0 Å². The Morgan fingerprint density at radius 1 is 1.06 bits per heavy atom. The number of aromatic amines is 1. The number of ketones is 1. The SMILES string of the molecule is COc1cc(Nc2c[nH]c(=O)c(C3Cc4ccccc4C(N=O)C3=O)n2)cc(OC)c1OC. The summed E-state index contributed by atoms with van der Waals surface area (Å²) >= 11 is 0. The highest BCUT2D eigenvalue weighted by atomic mass is 16.5. The Labute approximate surface area is 188 Å². The van der Waals surface area contributed by atoms with Crippen LogP contribution in [0.2, 0.25) is 0 Å². The molecule has 0 radical (unpaired) electrons. The van der Waals surface area contributed by atoms with Gasteiger partial charge in [-0.3, -0.25) is 9.59 Å². The standard InChI is InChI=1S/C23H22N4O6/c1-31-16-9-13(10-17(32-2)22(16)33-3)25-18-11-24-23(29)20(26-18)15-8-12-6-4-5-7-14(12)19(27-30)21(15)28/h4-7,9-11,15,19H,8H2,1-3H3,(H,24,29)(H,25,26). The van der Waals surface area contributed by atoms with E-state index in [4.69, 9.17) is 14.2 Å². The van der Waals surface area contributed by atoms with E-state index in [-0.39, 0.29) is 12.1 Å². The van der Waals surface area contributed by atoms with Gasteiger partial charge in [-0.25, -0.2) is 4.98 Å². The van der Waals surface area contributed by atoms with Crippen molar-refractivity contribution in [2.24, 2.45) is 5.18 Å². The first kappa shape index (κ1) is 22.0. The normalized spacial score (nSPS) is 17.1. The van der Waals surface area contributed by atoms with E-state index in [1.165, 1.54) is 27.5 Å². The number of hydrogen-bond acceptors (Lipinski definition) is 9. The molecule has 1 aliphatic carbocycles. The van der Waals surface area contributed by atoms with Crippen LogP contribution in [0, 0.1) is 4.91 Å². The molecular formula is C23H22N4O6. The minimum Gasteiger partial charge on any atom is -0.493 e. The van der Waals surface area contributed by atoms with Gasteiger partial charge in [0.2, 0.25) is 5.75 Å². The number of nitroso groups, excluding NO2 is 1. The summed E-state index contributed by atoms with van der Waals surface area (Å²) in [5.41, 5.74) is 1.42. The maximum Gasteiger partial charge on any atom is 0.270 e. The number of carbonyl (C=O) groups excluding carboxylic acids is 1. The number of aromatic nitrogens is 2. The van der Waals surface area contributed by atoms with Gasteiger partial charge in [0.15, 0.2) is 23.3 Å². The molecule has 4 rings (SSSR count). The van der Waals surface area contributed by atoms with Crippen molar-refractivity contribution in [2.75, 3.05) is 26.6 Å². The molecule has 1 heterocycles. The number of benzene rings is 2. The van der Waals surface area contributed by atoms with E-state index < -0.39 is 23.3 Å². The van der Waals surface area contributed by atoms with Gasteiger partial charge in [0.05, 0.1) is 27.2 Å². The molecule has 1 aromatic heterocycles. The molecule has 10 heteroatoms. The molecule has 2 N–H and O–H groups in total. The Morgan fingerprint density at radius 2 is 1.76 bits per heavy atom. The number of rotatable bonds is 7. The van der Waals surface area contributed by atoms with Crippen LogP contribution >= 0.6 is 0 Å². The number of carbonyl (C=O) groups is 1. The highest BCUT2D eigenvalue weighted by Gasteiger charge is 2.39. The van der Waals surface area contributed by atoms with Crippen molar-refractivity contribution in [3.63, 3.8) is 0 Å². The fraction of sp³-hybridized carbons (Fsp3) is 0.261. The molecule has 33 heavy (non-hydrogen) atoms. The van der Waals surface area contributed by atoms with Gasteiger partial charge in [0.1, 0.15) is 11.5 Å². The van der Waals surface area contributed by atoms with E-state index in [9.17, 15) is 14.5 Å². The van der Waals surface area contributed by atoms with Gasteiger partial charge in [-0.15, -0.1) is 4.91 Å². The smallest absolute Gasteiger partial charge is 0.270 e. The lowest BCUT2D eigenvalue weighted by Gasteiger charge is -2.26. The Bertz CT molecular complexity index is 1250. The first-order chi connectivity index (χ1) is 16.0. The van der Waals surface area contributed by atoms with Gasteiger partial charge >= 0.3 is 0 Å². The molecular weight excluding hydrogens is 428 g/mol. The number of hydrogen-bond donors (Lipinski definition) is 2. The number of fused-ring (bicyclic) bond motifs is 1. The molecule has 10 nitrogen and oxygen atoms in total. The summed E-state index contributed by atoms with van der Waals surface area (Å²) in [4.78, 5) is 44.1. The number of ether oxygens (including phenoxy) is 3. The zero-order chi connectivity index (χ0) is 23.5. The van der Waals surface area contributed by atoms with Gasteiger partial charge in [0.25, 0.3) is 5.56 Å². The van der Waals surface area contributed by atoms with E-state index in [2.05, 4.69) is 20.5 Å². The monoisotopic (exact) mass is 450 g/mol. The number of Topliss-reactive ketones (excluding diaryl/α,β-unsaturated/α-hetero) is 1. The first-order valence-electron chi connectivity index (χ1n) is 10.1. The molecule has 0 spiro atoms. The summed E-state index contributed by atoms with van der Waals surface area (Å²) in [6.45, 7) is 0. The van der Waals surface area contributed by atoms with Crippen molar-refractivity contribution in [1.82, 2.24) is 9.97 Å². The molecule has 0 amide bonds. The summed E-state index contributed by atoms with van der Waals surface area (Å²) in [5, 5.41) is 6.10. The number of nitrogens with one attached hydrogen (secondary N) is 2. The van der Waals surface area contributed by atoms with Crippen molar-refractivity contribution in [2.45, 2.75) is 18.4 Å². The summed E-state index contributed by atoms with van der Waals surface area (Å²) in [5.74, 6) is 0.242. The third-order valence-corrected chi connectivity index (χ3v) is 5.57. The number of anilines is 2. The summed E-state index contributed by atoms with van der Waals surface area (Å²) < 4.78 is 16.0. The maximum atomic E-state index is 13.0. The molecule has 2 atom stereocenters. The molecule has 1 aliphatic rings. The molecule has 0 saturated heterocycles. The molecule has 0 bridgehead atoms. The minimum absolute atomic E-state index is 0.0144. The van der Waals surface area contributed by atoms with Crippen LogP contribution in [0.5, 0.6) is 17.2 Å². The fourth-order valence-corrected chi connectivity index (χ4v) is 4.01. The van der Waals surface area contributed by atoms with Crippen molar-refractivity contribution in [1.29, 1.82) is 0 Å². The van der Waals surface area contributed by atoms with Crippen LogP contribution < -0.4 is 25.1 Å². The van der Waals surface area contributed by atoms with Crippen molar-refractivity contribution < 1.29 is 19.0 Å². The summed E-state index contributed by atoms with van der Waals surface area (Å²) in [6, 6.07) is 9.28. The molecule has 0 fully saturated rings. The van der Waals surface area contributed by atoms with Crippen LogP contribution in [-0.2, 0) is 11.2 Å². The lowest BCUT2D eigenvalue weighted by molar-refractivity contribution is -0.122. The van der Waals surface area contributed by atoms with E-state index in [1.807, 2.05) is 12.1 Å². The predicted octanol–water partition coefficient (Wildman–Crippen LogP) is 3.26. The van der Waals surface area contributed by atoms with Gasteiger partial charge in [0, 0.05) is 24.0 Å². The van der Waals surface area contributed by atoms with E-state index >= 15 is 0 Å². The highest BCUT2D eigenvalue weighted by molar-refractivity contribution is 5.93.